The molecule has 6 aromatic rings. The zero-order chi connectivity index (χ0) is 28.3. The van der Waals surface area contributed by atoms with E-state index in [9.17, 15) is 0 Å². The highest BCUT2D eigenvalue weighted by atomic mass is 79.9. The fourth-order valence-corrected chi connectivity index (χ4v) is 7.60. The molecule has 0 fully saturated rings. The van der Waals surface area contributed by atoms with Crippen molar-refractivity contribution >= 4 is 31.9 Å². The Bertz CT molecular complexity index is 1950. The summed E-state index contributed by atoms with van der Waals surface area (Å²) in [6.07, 6.45) is 0. The molecule has 1 aliphatic heterocycles. The lowest BCUT2D eigenvalue weighted by atomic mass is 9.67. The summed E-state index contributed by atoms with van der Waals surface area (Å²) in [5.74, 6) is 1.56. The molecule has 0 bridgehead atoms. The van der Waals surface area contributed by atoms with Gasteiger partial charge in [-0.25, -0.2) is 0 Å². The van der Waals surface area contributed by atoms with E-state index >= 15 is 0 Å². The van der Waals surface area contributed by atoms with Crippen LogP contribution in [0, 0.1) is 0 Å². The van der Waals surface area contributed by atoms with Gasteiger partial charge in [-0.15, -0.1) is 0 Å². The van der Waals surface area contributed by atoms with Crippen LogP contribution >= 0.6 is 31.9 Å². The number of halogens is 2. The second-order valence-electron chi connectivity index (χ2n) is 10.7. The first kappa shape index (κ1) is 25.6. The summed E-state index contributed by atoms with van der Waals surface area (Å²) in [5.41, 5.74) is 11.4. The topological polar surface area (TPSA) is 18.5 Å². The van der Waals surface area contributed by atoms with Gasteiger partial charge < -0.3 is 9.47 Å². The highest BCUT2D eigenvalue weighted by molar-refractivity contribution is 9.10. The summed E-state index contributed by atoms with van der Waals surface area (Å²) in [5, 5.41) is 0. The predicted molar refractivity (Wildman–Crippen MR) is 176 cm³/mol. The van der Waals surface area contributed by atoms with Crippen LogP contribution in [0.2, 0.25) is 0 Å². The van der Waals surface area contributed by atoms with Gasteiger partial charge in [0, 0.05) is 8.95 Å². The summed E-state index contributed by atoms with van der Waals surface area (Å²) in [6, 6.07) is 47.8. The second kappa shape index (κ2) is 10.0. The molecule has 0 saturated heterocycles. The summed E-state index contributed by atoms with van der Waals surface area (Å²) in [7, 11) is 0. The molecule has 1 aliphatic carbocycles. The first-order chi connectivity index (χ1) is 20.6. The van der Waals surface area contributed by atoms with Crippen LogP contribution in [-0.2, 0) is 5.41 Å². The Labute approximate surface area is 261 Å². The first-order valence-electron chi connectivity index (χ1n) is 13.9. The molecule has 0 aromatic heterocycles. The van der Waals surface area contributed by atoms with E-state index < -0.39 is 5.41 Å². The second-order valence-corrected chi connectivity index (χ2v) is 12.5. The van der Waals surface area contributed by atoms with Crippen LogP contribution in [0.3, 0.4) is 0 Å². The Morgan fingerprint density at radius 2 is 1.07 bits per heavy atom. The third-order valence-corrected chi connectivity index (χ3v) is 9.46. The summed E-state index contributed by atoms with van der Waals surface area (Å²) >= 11 is 7.57. The van der Waals surface area contributed by atoms with Crippen molar-refractivity contribution in [2.45, 2.75) is 5.41 Å². The van der Waals surface area contributed by atoms with E-state index in [1.807, 2.05) is 0 Å². The number of benzene rings is 6. The zero-order valence-corrected chi connectivity index (χ0v) is 25.7. The van der Waals surface area contributed by atoms with Gasteiger partial charge in [0.05, 0.1) is 5.41 Å². The Morgan fingerprint density at radius 3 is 1.76 bits per heavy atom. The molecule has 202 valence electrons. The van der Waals surface area contributed by atoms with Crippen LogP contribution in [0.5, 0.6) is 11.5 Å². The Kier molecular flexibility index (Phi) is 6.09. The Hall–Kier alpha value is -4.12. The SMILES string of the molecule is Brc1cccc(C2(c3cccc(Br)c3)c3cc4c(cc3-c3c(-c5ccccc5-c5ccccc5)cccc32)OCO4)c1. The summed E-state index contributed by atoms with van der Waals surface area (Å²) in [4.78, 5) is 0. The fraction of sp³-hybridized carbons (Fsp3) is 0.0526. The van der Waals surface area contributed by atoms with E-state index in [2.05, 4.69) is 165 Å². The van der Waals surface area contributed by atoms with Crippen molar-refractivity contribution in [2.75, 3.05) is 6.79 Å². The van der Waals surface area contributed by atoms with Crippen molar-refractivity contribution in [1.82, 2.24) is 0 Å². The highest BCUT2D eigenvalue weighted by Gasteiger charge is 2.48. The number of rotatable bonds is 4. The van der Waals surface area contributed by atoms with Crippen LogP contribution in [-0.4, -0.2) is 6.79 Å². The maximum Gasteiger partial charge on any atom is 0.231 e. The average Bonchev–Trinajstić information content (AvgIpc) is 3.61. The lowest BCUT2D eigenvalue weighted by Crippen LogP contribution is -2.28. The number of fused-ring (bicyclic) bond motifs is 4. The number of hydrogen-bond acceptors (Lipinski definition) is 2. The molecule has 0 amide bonds. The van der Waals surface area contributed by atoms with E-state index in [4.69, 9.17) is 9.47 Å². The van der Waals surface area contributed by atoms with Crippen molar-refractivity contribution < 1.29 is 9.47 Å². The standard InChI is InChI=1S/C38H24Br2O2/c39-27-13-6-11-25(19-27)38(26-12-7-14-28(40)20-26)33-18-8-17-31(30-16-5-4-15-29(30)24-9-2-1-3-10-24)37(33)32-21-35-36(22-34(32)38)42-23-41-35/h1-22H,23H2. The minimum atomic E-state index is -0.586. The van der Waals surface area contributed by atoms with Gasteiger partial charge in [0.15, 0.2) is 11.5 Å². The molecule has 0 N–H and O–H groups in total. The molecule has 2 nitrogen and oxygen atoms in total. The first-order valence-corrected chi connectivity index (χ1v) is 15.5. The van der Waals surface area contributed by atoms with Crippen LogP contribution in [0.1, 0.15) is 22.3 Å². The minimum Gasteiger partial charge on any atom is -0.454 e. The van der Waals surface area contributed by atoms with Crippen molar-refractivity contribution in [3.63, 3.8) is 0 Å². The fourth-order valence-electron chi connectivity index (χ4n) is 6.80. The van der Waals surface area contributed by atoms with Gasteiger partial charge in [-0.2, -0.15) is 0 Å². The van der Waals surface area contributed by atoms with Crippen molar-refractivity contribution in [1.29, 1.82) is 0 Å². The molecule has 2 aliphatic rings. The van der Waals surface area contributed by atoms with E-state index in [-0.39, 0.29) is 6.79 Å². The largest absolute Gasteiger partial charge is 0.454 e. The van der Waals surface area contributed by atoms with Gasteiger partial charge in [0.2, 0.25) is 6.79 Å². The molecule has 6 aromatic carbocycles. The van der Waals surface area contributed by atoms with Gasteiger partial charge in [0.1, 0.15) is 0 Å². The zero-order valence-electron chi connectivity index (χ0n) is 22.5. The van der Waals surface area contributed by atoms with Gasteiger partial charge >= 0.3 is 0 Å². The van der Waals surface area contributed by atoms with Crippen molar-refractivity contribution in [3.8, 4) is 44.9 Å². The van der Waals surface area contributed by atoms with Gasteiger partial charge in [-0.3, -0.25) is 0 Å². The monoisotopic (exact) mass is 670 g/mol. The molecular formula is C38H24Br2O2. The molecule has 8 rings (SSSR count). The molecule has 0 atom stereocenters. The molecular weight excluding hydrogens is 648 g/mol. The highest BCUT2D eigenvalue weighted by Crippen LogP contribution is 2.61. The van der Waals surface area contributed by atoms with Crippen LogP contribution in [0.4, 0.5) is 0 Å². The lowest BCUT2D eigenvalue weighted by Gasteiger charge is -2.34. The van der Waals surface area contributed by atoms with E-state index in [0.29, 0.717) is 0 Å². The van der Waals surface area contributed by atoms with Crippen LogP contribution in [0.15, 0.2) is 142 Å². The lowest BCUT2D eigenvalue weighted by molar-refractivity contribution is 0.174. The van der Waals surface area contributed by atoms with Gasteiger partial charge in [-0.1, -0.05) is 129 Å². The van der Waals surface area contributed by atoms with E-state index in [0.717, 1.165) is 26.0 Å². The maximum atomic E-state index is 5.99. The summed E-state index contributed by atoms with van der Waals surface area (Å²) in [6.45, 7) is 0.227. The number of hydrogen-bond donors (Lipinski definition) is 0. The molecule has 0 saturated carbocycles. The minimum absolute atomic E-state index is 0.227. The van der Waals surface area contributed by atoms with Crippen molar-refractivity contribution in [2.24, 2.45) is 0 Å². The Balaban J connectivity index is 1.52. The maximum absolute atomic E-state index is 5.99. The van der Waals surface area contributed by atoms with Gasteiger partial charge in [-0.05, 0) is 92.0 Å². The average molecular weight is 672 g/mol. The van der Waals surface area contributed by atoms with E-state index in [1.165, 1.54) is 50.1 Å². The molecule has 4 heteroatoms. The molecule has 0 unspecified atom stereocenters. The van der Waals surface area contributed by atoms with Gasteiger partial charge in [0.25, 0.3) is 0 Å². The molecule has 1 heterocycles. The third kappa shape index (κ3) is 3.82. The third-order valence-electron chi connectivity index (χ3n) is 8.47. The van der Waals surface area contributed by atoms with Crippen LogP contribution in [0.25, 0.3) is 33.4 Å². The normalized spacial score (nSPS) is 14.0. The predicted octanol–water partition coefficient (Wildman–Crippen LogP) is 10.6. The van der Waals surface area contributed by atoms with Crippen molar-refractivity contribution in [3.05, 3.63) is 165 Å². The number of ether oxygens (including phenoxy) is 2. The molecule has 42 heavy (non-hydrogen) atoms. The van der Waals surface area contributed by atoms with Crippen LogP contribution < -0.4 is 9.47 Å². The Morgan fingerprint density at radius 1 is 0.476 bits per heavy atom. The molecule has 0 radical (unpaired) electrons. The van der Waals surface area contributed by atoms with E-state index in [1.54, 1.807) is 0 Å². The smallest absolute Gasteiger partial charge is 0.231 e. The quantitative estimate of drug-likeness (QED) is 0.185. The molecule has 0 spiro atoms. The summed E-state index contributed by atoms with van der Waals surface area (Å²) < 4.78 is 14.0.